The number of nitrogens with one attached hydrogen (secondary N) is 1. The molecule has 3 N–H and O–H groups in total. The second-order valence-corrected chi connectivity index (χ2v) is 4.97. The van der Waals surface area contributed by atoms with Crippen molar-refractivity contribution in [2.75, 3.05) is 12.8 Å². The molecule has 0 aliphatic rings. The van der Waals surface area contributed by atoms with E-state index in [9.17, 15) is 0 Å². The summed E-state index contributed by atoms with van der Waals surface area (Å²) < 4.78 is 10.3. The predicted octanol–water partition coefficient (Wildman–Crippen LogP) is 1.74. The zero-order valence-electron chi connectivity index (χ0n) is 11.1. The van der Waals surface area contributed by atoms with Gasteiger partial charge in [-0.15, -0.1) is 5.10 Å². The van der Waals surface area contributed by atoms with E-state index in [0.29, 0.717) is 22.6 Å². The molecular weight excluding hydrogens is 292 g/mol. The number of aromatic nitrogens is 5. The number of hydrogen-bond acceptors (Lipinski definition) is 8. The molecule has 2 heterocycles. The van der Waals surface area contributed by atoms with Crippen LogP contribution in [0, 0.1) is 0 Å². The van der Waals surface area contributed by atoms with Crippen LogP contribution in [0.3, 0.4) is 0 Å². The zero-order valence-corrected chi connectivity index (χ0v) is 11.9. The molecular formula is C12H12N6O2S. The first-order chi connectivity index (χ1) is 10.2. The van der Waals surface area contributed by atoms with E-state index in [0.717, 1.165) is 11.3 Å². The Bertz CT molecular complexity index is 723. The first-order valence-electron chi connectivity index (χ1n) is 6.02. The fraction of sp³-hybridized carbons (Fsp3) is 0.167. The van der Waals surface area contributed by atoms with Gasteiger partial charge in [-0.1, -0.05) is 16.9 Å². The minimum absolute atomic E-state index is 0.280. The maximum Gasteiger partial charge on any atom is 0.237 e. The molecule has 0 saturated heterocycles. The standard InChI is InChI=1S/C12H12N6O2S/c1-19-8-4-2-7(3-5-8)10-14-9(20-18-10)6-21-12-15-11(13)16-17-12/h2-5H,6H2,1H3,(H3,13,15,16,17). The van der Waals surface area contributed by atoms with Crippen LogP contribution in [-0.4, -0.2) is 32.4 Å². The first-order valence-corrected chi connectivity index (χ1v) is 7.01. The average Bonchev–Trinajstić information content (AvgIpc) is 3.14. The fourth-order valence-electron chi connectivity index (χ4n) is 1.62. The first kappa shape index (κ1) is 13.4. The number of thioether (sulfide) groups is 1. The lowest BCUT2D eigenvalue weighted by atomic mass is 10.2. The van der Waals surface area contributed by atoms with Crippen molar-refractivity contribution in [3.63, 3.8) is 0 Å². The average molecular weight is 304 g/mol. The third-order valence-electron chi connectivity index (χ3n) is 2.62. The summed E-state index contributed by atoms with van der Waals surface area (Å²) in [4.78, 5) is 8.30. The summed E-state index contributed by atoms with van der Waals surface area (Å²) in [5, 5.41) is 11.0. The topological polar surface area (TPSA) is 116 Å². The minimum Gasteiger partial charge on any atom is -0.497 e. The van der Waals surface area contributed by atoms with E-state index in [1.807, 2.05) is 24.3 Å². The SMILES string of the molecule is COc1ccc(-c2noc(CSc3n[nH]c(N)n3)n2)cc1. The molecule has 0 spiro atoms. The van der Waals surface area contributed by atoms with Crippen molar-refractivity contribution in [3.8, 4) is 17.1 Å². The second kappa shape index (κ2) is 5.83. The Balaban J connectivity index is 1.67. The third-order valence-corrected chi connectivity index (χ3v) is 3.46. The van der Waals surface area contributed by atoms with Crippen LogP contribution in [0.2, 0.25) is 0 Å². The van der Waals surface area contributed by atoms with E-state index in [1.54, 1.807) is 7.11 Å². The Morgan fingerprint density at radius 2 is 2.10 bits per heavy atom. The molecule has 0 atom stereocenters. The summed E-state index contributed by atoms with van der Waals surface area (Å²) in [6.45, 7) is 0. The lowest BCUT2D eigenvalue weighted by Crippen LogP contribution is -1.86. The largest absolute Gasteiger partial charge is 0.497 e. The highest BCUT2D eigenvalue weighted by Crippen LogP contribution is 2.22. The van der Waals surface area contributed by atoms with Crippen LogP contribution in [0.1, 0.15) is 5.89 Å². The molecule has 0 aliphatic heterocycles. The van der Waals surface area contributed by atoms with E-state index < -0.39 is 0 Å². The molecule has 0 amide bonds. The van der Waals surface area contributed by atoms with E-state index in [-0.39, 0.29) is 5.95 Å². The fourth-order valence-corrected chi connectivity index (χ4v) is 2.26. The zero-order chi connectivity index (χ0) is 14.7. The van der Waals surface area contributed by atoms with Crippen molar-refractivity contribution in [2.45, 2.75) is 10.9 Å². The van der Waals surface area contributed by atoms with Crippen LogP contribution < -0.4 is 10.5 Å². The Labute approximate surface area is 124 Å². The summed E-state index contributed by atoms with van der Waals surface area (Å²) in [5.74, 6) is 2.56. The van der Waals surface area contributed by atoms with Gasteiger partial charge in [0.05, 0.1) is 12.9 Å². The predicted molar refractivity (Wildman–Crippen MR) is 76.6 cm³/mol. The maximum atomic E-state index is 5.45. The van der Waals surface area contributed by atoms with Crippen molar-refractivity contribution in [1.29, 1.82) is 0 Å². The van der Waals surface area contributed by atoms with Crippen LogP contribution in [0.25, 0.3) is 11.4 Å². The van der Waals surface area contributed by atoms with Crippen LogP contribution in [0.4, 0.5) is 5.95 Å². The minimum atomic E-state index is 0.280. The second-order valence-electron chi connectivity index (χ2n) is 4.03. The number of nitrogens with zero attached hydrogens (tertiary/aromatic N) is 4. The molecule has 0 aliphatic carbocycles. The molecule has 1 aromatic carbocycles. The van der Waals surface area contributed by atoms with Gasteiger partial charge in [0.25, 0.3) is 0 Å². The molecule has 3 rings (SSSR count). The van der Waals surface area contributed by atoms with Crippen LogP contribution in [0.5, 0.6) is 5.75 Å². The van der Waals surface area contributed by atoms with Crippen molar-refractivity contribution < 1.29 is 9.26 Å². The Morgan fingerprint density at radius 3 is 2.76 bits per heavy atom. The maximum absolute atomic E-state index is 5.45. The van der Waals surface area contributed by atoms with Gasteiger partial charge in [0.15, 0.2) is 0 Å². The summed E-state index contributed by atoms with van der Waals surface area (Å²) in [5.41, 5.74) is 6.31. The van der Waals surface area contributed by atoms with Crippen LogP contribution in [0.15, 0.2) is 33.9 Å². The smallest absolute Gasteiger partial charge is 0.237 e. The van der Waals surface area contributed by atoms with E-state index in [4.69, 9.17) is 15.0 Å². The highest BCUT2D eigenvalue weighted by molar-refractivity contribution is 7.98. The van der Waals surface area contributed by atoms with Crippen molar-refractivity contribution in [3.05, 3.63) is 30.2 Å². The number of H-pyrrole nitrogens is 1. The van der Waals surface area contributed by atoms with Gasteiger partial charge in [-0.05, 0) is 24.3 Å². The number of nitrogen functional groups attached to an aromatic ring is 1. The van der Waals surface area contributed by atoms with Crippen molar-refractivity contribution >= 4 is 17.7 Å². The number of nitrogens with two attached hydrogens (primary N) is 1. The molecule has 0 saturated carbocycles. The van der Waals surface area contributed by atoms with E-state index >= 15 is 0 Å². The van der Waals surface area contributed by atoms with Crippen molar-refractivity contribution in [2.24, 2.45) is 0 Å². The van der Waals surface area contributed by atoms with Crippen molar-refractivity contribution in [1.82, 2.24) is 25.3 Å². The van der Waals surface area contributed by atoms with Gasteiger partial charge in [-0.2, -0.15) is 9.97 Å². The third kappa shape index (κ3) is 3.14. The van der Waals surface area contributed by atoms with E-state index in [2.05, 4.69) is 25.3 Å². The summed E-state index contributed by atoms with van der Waals surface area (Å²) in [6.07, 6.45) is 0. The number of ether oxygens (including phenoxy) is 1. The number of rotatable bonds is 5. The highest BCUT2D eigenvalue weighted by Gasteiger charge is 2.10. The number of methoxy groups -OCH3 is 1. The molecule has 2 aromatic heterocycles. The lowest BCUT2D eigenvalue weighted by Gasteiger charge is -1.98. The van der Waals surface area contributed by atoms with E-state index in [1.165, 1.54) is 11.8 Å². The Kier molecular flexibility index (Phi) is 3.73. The quantitative estimate of drug-likeness (QED) is 0.685. The lowest BCUT2D eigenvalue weighted by molar-refractivity contribution is 0.391. The molecule has 0 bridgehead atoms. The van der Waals surface area contributed by atoms with Gasteiger partial charge < -0.3 is 15.0 Å². The molecule has 9 heteroatoms. The highest BCUT2D eigenvalue weighted by atomic mass is 32.2. The summed E-state index contributed by atoms with van der Waals surface area (Å²) in [7, 11) is 1.62. The number of aromatic amines is 1. The molecule has 0 radical (unpaired) electrons. The normalized spacial score (nSPS) is 10.7. The molecule has 8 nitrogen and oxygen atoms in total. The molecule has 21 heavy (non-hydrogen) atoms. The van der Waals surface area contributed by atoms with Gasteiger partial charge in [0, 0.05) is 5.56 Å². The summed E-state index contributed by atoms with van der Waals surface area (Å²) >= 11 is 1.36. The summed E-state index contributed by atoms with van der Waals surface area (Å²) in [6, 6.07) is 7.43. The van der Waals surface area contributed by atoms with Gasteiger partial charge in [0.2, 0.25) is 22.8 Å². The number of benzene rings is 1. The molecule has 0 unspecified atom stereocenters. The van der Waals surface area contributed by atoms with Gasteiger partial charge >= 0.3 is 0 Å². The molecule has 108 valence electrons. The number of hydrogen-bond donors (Lipinski definition) is 2. The van der Waals surface area contributed by atoms with Gasteiger partial charge in [-0.3, -0.25) is 0 Å². The van der Waals surface area contributed by atoms with Crippen LogP contribution in [-0.2, 0) is 5.75 Å². The van der Waals surface area contributed by atoms with Gasteiger partial charge in [0.1, 0.15) is 5.75 Å². The van der Waals surface area contributed by atoms with Crippen LogP contribution >= 0.6 is 11.8 Å². The Morgan fingerprint density at radius 1 is 1.29 bits per heavy atom. The monoisotopic (exact) mass is 304 g/mol. The molecule has 3 aromatic rings. The van der Waals surface area contributed by atoms with Gasteiger partial charge in [-0.25, -0.2) is 5.10 Å². The molecule has 0 fully saturated rings. The Hall–Kier alpha value is -2.55. The number of anilines is 1.